The standard InChI is InChI=1S/C16H11F3N4O2/c17-10-5-8(24)1-3-13(10)21-15-12(19)7-20-16(23-15)22-14-4-2-9(25)6-11(14)18/h1-7,24-25H,(H2,20,21,22,23). The third kappa shape index (κ3) is 3.71. The van der Waals surface area contributed by atoms with E-state index < -0.39 is 17.5 Å². The van der Waals surface area contributed by atoms with Crippen LogP contribution in [0.3, 0.4) is 0 Å². The summed E-state index contributed by atoms with van der Waals surface area (Å²) in [7, 11) is 0. The van der Waals surface area contributed by atoms with Crippen LogP contribution in [0.15, 0.2) is 42.6 Å². The minimum Gasteiger partial charge on any atom is -0.508 e. The summed E-state index contributed by atoms with van der Waals surface area (Å²) in [5.74, 6) is -3.45. The Morgan fingerprint density at radius 2 is 1.32 bits per heavy atom. The van der Waals surface area contributed by atoms with Gasteiger partial charge in [-0.15, -0.1) is 0 Å². The van der Waals surface area contributed by atoms with Crippen molar-refractivity contribution in [2.75, 3.05) is 10.6 Å². The normalized spacial score (nSPS) is 10.5. The number of nitrogens with zero attached hydrogens (tertiary/aromatic N) is 2. The number of benzene rings is 2. The predicted octanol–water partition coefficient (Wildman–Crippen LogP) is 3.79. The van der Waals surface area contributed by atoms with Crippen molar-refractivity contribution < 1.29 is 23.4 Å². The molecule has 25 heavy (non-hydrogen) atoms. The van der Waals surface area contributed by atoms with E-state index in [4.69, 9.17) is 0 Å². The summed E-state index contributed by atoms with van der Waals surface area (Å²) < 4.78 is 41.3. The molecule has 0 saturated carbocycles. The van der Waals surface area contributed by atoms with Gasteiger partial charge in [0, 0.05) is 12.1 Å². The van der Waals surface area contributed by atoms with Gasteiger partial charge < -0.3 is 20.8 Å². The molecule has 0 atom stereocenters. The van der Waals surface area contributed by atoms with E-state index in [-0.39, 0.29) is 34.6 Å². The van der Waals surface area contributed by atoms with Gasteiger partial charge >= 0.3 is 0 Å². The van der Waals surface area contributed by atoms with Gasteiger partial charge in [0.2, 0.25) is 5.95 Å². The first-order chi connectivity index (χ1) is 11.9. The lowest BCUT2D eigenvalue weighted by atomic mass is 10.3. The Kier molecular flexibility index (Phi) is 4.29. The van der Waals surface area contributed by atoms with Crippen molar-refractivity contribution in [3.63, 3.8) is 0 Å². The minimum atomic E-state index is -0.857. The fraction of sp³-hybridized carbons (Fsp3) is 0. The zero-order valence-electron chi connectivity index (χ0n) is 12.5. The number of halogens is 3. The molecule has 0 amide bonds. The van der Waals surface area contributed by atoms with Crippen LogP contribution in [0.4, 0.5) is 36.3 Å². The van der Waals surface area contributed by atoms with Crippen molar-refractivity contribution in [2.24, 2.45) is 0 Å². The Bertz CT molecular complexity index is 937. The van der Waals surface area contributed by atoms with Gasteiger partial charge in [-0.2, -0.15) is 4.98 Å². The maximum absolute atomic E-state index is 13.8. The third-order valence-corrected chi connectivity index (χ3v) is 3.15. The molecule has 0 aliphatic heterocycles. The van der Waals surface area contributed by atoms with Gasteiger partial charge in [-0.3, -0.25) is 0 Å². The van der Waals surface area contributed by atoms with E-state index in [0.29, 0.717) is 0 Å². The molecule has 4 N–H and O–H groups in total. The molecule has 0 fully saturated rings. The Labute approximate surface area is 139 Å². The van der Waals surface area contributed by atoms with Crippen LogP contribution in [-0.2, 0) is 0 Å². The van der Waals surface area contributed by atoms with Gasteiger partial charge in [0.25, 0.3) is 0 Å². The minimum absolute atomic E-state index is 0.0360. The molecule has 0 spiro atoms. The Morgan fingerprint density at radius 3 is 1.88 bits per heavy atom. The van der Waals surface area contributed by atoms with E-state index in [1.807, 2.05) is 0 Å². The van der Waals surface area contributed by atoms with E-state index in [1.54, 1.807) is 0 Å². The number of phenols is 2. The fourth-order valence-corrected chi connectivity index (χ4v) is 1.97. The summed E-state index contributed by atoms with van der Waals surface area (Å²) in [5, 5.41) is 23.3. The average molecular weight is 348 g/mol. The van der Waals surface area contributed by atoms with E-state index in [1.165, 1.54) is 24.3 Å². The lowest BCUT2D eigenvalue weighted by molar-refractivity contribution is 0.469. The highest BCUT2D eigenvalue weighted by atomic mass is 19.1. The summed E-state index contributed by atoms with van der Waals surface area (Å²) in [6.45, 7) is 0. The molecule has 0 aliphatic carbocycles. The predicted molar refractivity (Wildman–Crippen MR) is 84.7 cm³/mol. The fourth-order valence-electron chi connectivity index (χ4n) is 1.97. The molecule has 0 bridgehead atoms. The highest BCUT2D eigenvalue weighted by Gasteiger charge is 2.12. The maximum atomic E-state index is 13.8. The monoisotopic (exact) mass is 348 g/mol. The van der Waals surface area contributed by atoms with Gasteiger partial charge in [0.1, 0.15) is 23.1 Å². The average Bonchev–Trinajstić information content (AvgIpc) is 2.55. The summed E-state index contributed by atoms with van der Waals surface area (Å²) in [4.78, 5) is 7.50. The van der Waals surface area contributed by atoms with Crippen LogP contribution in [0.2, 0.25) is 0 Å². The number of rotatable bonds is 4. The molecule has 0 aliphatic rings. The molecule has 0 radical (unpaired) electrons. The van der Waals surface area contributed by atoms with Crippen LogP contribution in [0, 0.1) is 17.5 Å². The highest BCUT2D eigenvalue weighted by molar-refractivity contribution is 5.61. The SMILES string of the molecule is Oc1ccc(Nc2ncc(F)c(Nc3ccc(O)cc3F)n2)c(F)c1. The number of phenolic OH excluding ortho intramolecular Hbond substituents is 2. The second-order valence-electron chi connectivity index (χ2n) is 4.97. The molecular weight excluding hydrogens is 337 g/mol. The molecule has 6 nitrogen and oxygen atoms in total. The number of anilines is 4. The molecular formula is C16H11F3N4O2. The van der Waals surface area contributed by atoms with E-state index in [0.717, 1.165) is 18.3 Å². The van der Waals surface area contributed by atoms with Crippen LogP contribution in [0.1, 0.15) is 0 Å². The van der Waals surface area contributed by atoms with E-state index in [2.05, 4.69) is 20.6 Å². The van der Waals surface area contributed by atoms with Crippen LogP contribution in [0.25, 0.3) is 0 Å². The zero-order chi connectivity index (χ0) is 18.0. The van der Waals surface area contributed by atoms with Gasteiger partial charge in [0.05, 0.1) is 17.6 Å². The number of nitrogens with one attached hydrogen (secondary N) is 2. The second-order valence-corrected chi connectivity index (χ2v) is 4.97. The number of aromatic nitrogens is 2. The number of hydrogen-bond donors (Lipinski definition) is 4. The number of hydrogen-bond acceptors (Lipinski definition) is 6. The van der Waals surface area contributed by atoms with Crippen LogP contribution in [0.5, 0.6) is 11.5 Å². The molecule has 0 saturated heterocycles. The van der Waals surface area contributed by atoms with Crippen LogP contribution < -0.4 is 10.6 Å². The number of aromatic hydroxyl groups is 2. The zero-order valence-corrected chi connectivity index (χ0v) is 12.5. The van der Waals surface area contributed by atoms with Crippen molar-refractivity contribution in [3.8, 4) is 11.5 Å². The molecule has 1 aromatic heterocycles. The summed E-state index contributed by atoms with van der Waals surface area (Å²) in [5.41, 5.74) is -0.150. The lowest BCUT2D eigenvalue weighted by Gasteiger charge is -2.10. The quantitative estimate of drug-likeness (QED) is 0.536. The summed E-state index contributed by atoms with van der Waals surface area (Å²) in [6, 6.07) is 6.67. The van der Waals surface area contributed by atoms with Gasteiger partial charge in [-0.1, -0.05) is 0 Å². The molecule has 3 aromatic rings. The van der Waals surface area contributed by atoms with E-state index in [9.17, 15) is 23.4 Å². The topological polar surface area (TPSA) is 90.3 Å². The van der Waals surface area contributed by atoms with Crippen LogP contribution in [-0.4, -0.2) is 20.2 Å². The molecule has 2 aromatic carbocycles. The second kappa shape index (κ2) is 6.56. The Morgan fingerprint density at radius 1 is 0.760 bits per heavy atom. The third-order valence-electron chi connectivity index (χ3n) is 3.15. The smallest absolute Gasteiger partial charge is 0.229 e. The van der Waals surface area contributed by atoms with Crippen molar-refractivity contribution in [3.05, 3.63) is 60.0 Å². The largest absolute Gasteiger partial charge is 0.508 e. The van der Waals surface area contributed by atoms with Crippen molar-refractivity contribution >= 4 is 23.1 Å². The van der Waals surface area contributed by atoms with E-state index >= 15 is 0 Å². The first kappa shape index (κ1) is 16.4. The highest BCUT2D eigenvalue weighted by Crippen LogP contribution is 2.26. The molecule has 128 valence electrons. The molecule has 0 unspecified atom stereocenters. The lowest BCUT2D eigenvalue weighted by Crippen LogP contribution is -2.05. The van der Waals surface area contributed by atoms with Gasteiger partial charge in [-0.05, 0) is 24.3 Å². The van der Waals surface area contributed by atoms with Gasteiger partial charge in [-0.25, -0.2) is 18.2 Å². The maximum Gasteiger partial charge on any atom is 0.229 e. The van der Waals surface area contributed by atoms with Crippen molar-refractivity contribution in [1.29, 1.82) is 0 Å². The Balaban J connectivity index is 1.87. The molecule has 9 heteroatoms. The Hall–Kier alpha value is -3.49. The van der Waals surface area contributed by atoms with Gasteiger partial charge in [0.15, 0.2) is 11.6 Å². The molecule has 1 heterocycles. The first-order valence-corrected chi connectivity index (χ1v) is 6.96. The van der Waals surface area contributed by atoms with Crippen molar-refractivity contribution in [1.82, 2.24) is 9.97 Å². The summed E-state index contributed by atoms with van der Waals surface area (Å²) >= 11 is 0. The summed E-state index contributed by atoms with van der Waals surface area (Å²) in [6.07, 6.45) is 0.828. The van der Waals surface area contributed by atoms with Crippen molar-refractivity contribution in [2.45, 2.75) is 0 Å². The first-order valence-electron chi connectivity index (χ1n) is 6.96. The van der Waals surface area contributed by atoms with Crippen LogP contribution >= 0.6 is 0 Å². The molecule has 3 rings (SSSR count).